The quantitative estimate of drug-likeness (QED) is 0.397. The van der Waals surface area contributed by atoms with Crippen molar-refractivity contribution in [2.45, 2.75) is 20.3 Å². The molecule has 15 heavy (non-hydrogen) atoms. The molecular formula is C12H13Cl2Ti. The van der Waals surface area contributed by atoms with Gasteiger partial charge in [0.25, 0.3) is 0 Å². The molecule has 2 rings (SSSR count). The first-order valence-electron chi connectivity index (χ1n) is 4.45. The molecule has 2 aromatic rings. The molecule has 79 valence electrons. The normalized spacial score (nSPS) is 8.67. The van der Waals surface area contributed by atoms with Gasteiger partial charge in [-0.05, 0) is 6.42 Å². The molecule has 0 amide bonds. The van der Waals surface area contributed by atoms with Crippen molar-refractivity contribution >= 4 is 10.8 Å². The molecule has 0 fully saturated rings. The fraction of sp³-hybridized carbons (Fsp3) is 0.250. The zero-order valence-corrected chi connectivity index (χ0v) is 11.9. The molecule has 0 N–H and O–H groups in total. The van der Waals surface area contributed by atoms with Gasteiger partial charge in [0.05, 0.1) is 0 Å². The van der Waals surface area contributed by atoms with Crippen LogP contribution in [0.5, 0.6) is 0 Å². The SMILES string of the molecule is CCc1ccc2[cH-]c(C)cc2c1.[Cl-].[Cl-].[Ti+3]. The molecule has 0 spiro atoms. The predicted molar refractivity (Wildman–Crippen MR) is 53.7 cm³/mol. The van der Waals surface area contributed by atoms with Gasteiger partial charge in [0.15, 0.2) is 0 Å². The second kappa shape index (κ2) is 7.41. The molecular weight excluding hydrogens is 263 g/mol. The number of hydrogen-bond donors (Lipinski definition) is 0. The summed E-state index contributed by atoms with van der Waals surface area (Å²) >= 11 is 0. The summed E-state index contributed by atoms with van der Waals surface area (Å²) in [6, 6.07) is 11.2. The van der Waals surface area contributed by atoms with E-state index in [-0.39, 0.29) is 46.5 Å². The molecule has 0 bridgehead atoms. The van der Waals surface area contributed by atoms with E-state index < -0.39 is 0 Å². The molecule has 2 aromatic carbocycles. The summed E-state index contributed by atoms with van der Waals surface area (Å²) in [7, 11) is 0. The van der Waals surface area contributed by atoms with Gasteiger partial charge in [0.1, 0.15) is 0 Å². The molecule has 3 heteroatoms. The number of rotatable bonds is 1. The van der Waals surface area contributed by atoms with E-state index in [0.29, 0.717) is 0 Å². The van der Waals surface area contributed by atoms with Crippen molar-refractivity contribution in [3.8, 4) is 0 Å². The smallest absolute Gasteiger partial charge is 1.00 e. The van der Waals surface area contributed by atoms with Crippen LogP contribution in [0, 0.1) is 6.92 Å². The molecule has 0 aliphatic rings. The van der Waals surface area contributed by atoms with Crippen LogP contribution in [0.25, 0.3) is 10.8 Å². The van der Waals surface area contributed by atoms with Crippen LogP contribution in [0.1, 0.15) is 18.1 Å². The maximum absolute atomic E-state index is 2.28. The largest absolute Gasteiger partial charge is 3.00 e. The molecule has 0 unspecified atom stereocenters. The molecule has 0 saturated heterocycles. The van der Waals surface area contributed by atoms with Crippen LogP contribution in [0.3, 0.4) is 0 Å². The number of fused-ring (bicyclic) bond motifs is 1. The van der Waals surface area contributed by atoms with E-state index in [9.17, 15) is 0 Å². The van der Waals surface area contributed by atoms with Gasteiger partial charge in [-0.3, -0.25) is 0 Å². The minimum atomic E-state index is 0. The van der Waals surface area contributed by atoms with Crippen LogP contribution in [-0.2, 0) is 28.1 Å². The number of hydrogen-bond acceptors (Lipinski definition) is 0. The van der Waals surface area contributed by atoms with E-state index in [4.69, 9.17) is 0 Å². The van der Waals surface area contributed by atoms with Crippen molar-refractivity contribution in [2.75, 3.05) is 0 Å². The zero-order valence-electron chi connectivity index (χ0n) is 8.85. The molecule has 0 aliphatic heterocycles. The summed E-state index contributed by atoms with van der Waals surface area (Å²) in [5, 5.41) is 2.75. The molecule has 0 saturated carbocycles. The second-order valence-corrected chi connectivity index (χ2v) is 3.35. The van der Waals surface area contributed by atoms with Gasteiger partial charge < -0.3 is 24.8 Å². The van der Waals surface area contributed by atoms with Crippen LogP contribution in [0.15, 0.2) is 30.3 Å². The first-order valence-corrected chi connectivity index (χ1v) is 4.45. The number of benzene rings is 1. The van der Waals surface area contributed by atoms with E-state index in [1.165, 1.54) is 21.9 Å². The maximum atomic E-state index is 2.28. The van der Waals surface area contributed by atoms with E-state index in [0.717, 1.165) is 6.42 Å². The number of halogens is 2. The monoisotopic (exact) mass is 275 g/mol. The molecule has 0 heterocycles. The summed E-state index contributed by atoms with van der Waals surface area (Å²) < 4.78 is 0. The van der Waals surface area contributed by atoms with Gasteiger partial charge in [0, 0.05) is 0 Å². The molecule has 0 aliphatic carbocycles. The van der Waals surface area contributed by atoms with E-state index in [1.54, 1.807) is 0 Å². The second-order valence-electron chi connectivity index (χ2n) is 3.35. The maximum Gasteiger partial charge on any atom is 3.00 e. The van der Waals surface area contributed by atoms with Crippen LogP contribution in [-0.4, -0.2) is 0 Å². The Hall–Kier alpha value is 0.124. The Morgan fingerprint density at radius 1 is 1.13 bits per heavy atom. The predicted octanol–water partition coefficient (Wildman–Crippen LogP) is -2.56. The third-order valence-corrected chi connectivity index (χ3v) is 2.33. The molecule has 0 nitrogen and oxygen atoms in total. The zero-order chi connectivity index (χ0) is 8.55. The van der Waals surface area contributed by atoms with Gasteiger partial charge in [-0.15, -0.1) is 40.6 Å². The Bertz CT molecular complexity index is 407. The summed E-state index contributed by atoms with van der Waals surface area (Å²) in [6.07, 6.45) is 1.13. The van der Waals surface area contributed by atoms with Crippen LogP contribution in [0.4, 0.5) is 0 Å². The summed E-state index contributed by atoms with van der Waals surface area (Å²) in [4.78, 5) is 0. The van der Waals surface area contributed by atoms with Crippen molar-refractivity contribution in [1.29, 1.82) is 0 Å². The van der Waals surface area contributed by atoms with Gasteiger partial charge >= 0.3 is 21.7 Å². The molecule has 0 atom stereocenters. The standard InChI is InChI=1S/C12H13.2ClH.Ti/c1-3-10-4-5-11-6-9(2)7-12(11)8-10;;;/h4-8H,3H2,1-2H3;2*1H;/q-1;;;+3/p-2. The van der Waals surface area contributed by atoms with Crippen molar-refractivity contribution in [1.82, 2.24) is 0 Å². The Morgan fingerprint density at radius 3 is 2.40 bits per heavy atom. The Kier molecular flexibility index (Phi) is 8.65. The summed E-state index contributed by atoms with van der Waals surface area (Å²) in [5.74, 6) is 0. The van der Waals surface area contributed by atoms with E-state index >= 15 is 0 Å². The van der Waals surface area contributed by atoms with Gasteiger partial charge in [-0.25, -0.2) is 0 Å². The van der Waals surface area contributed by atoms with Crippen LogP contribution >= 0.6 is 0 Å². The summed E-state index contributed by atoms with van der Waals surface area (Å²) in [5.41, 5.74) is 2.78. The average molecular weight is 276 g/mol. The fourth-order valence-corrected chi connectivity index (χ4v) is 1.63. The summed E-state index contributed by atoms with van der Waals surface area (Å²) in [6.45, 7) is 4.34. The van der Waals surface area contributed by atoms with Crippen molar-refractivity contribution in [3.63, 3.8) is 0 Å². The Labute approximate surface area is 119 Å². The third-order valence-electron chi connectivity index (χ3n) is 2.33. The Morgan fingerprint density at radius 2 is 1.80 bits per heavy atom. The Balaban J connectivity index is 0. The van der Waals surface area contributed by atoms with Crippen molar-refractivity contribution < 1.29 is 46.5 Å². The van der Waals surface area contributed by atoms with Crippen LogP contribution < -0.4 is 24.8 Å². The molecule has 0 aromatic heterocycles. The van der Waals surface area contributed by atoms with E-state index in [1.807, 2.05) is 0 Å². The van der Waals surface area contributed by atoms with Gasteiger partial charge in [-0.2, -0.15) is 6.07 Å². The first-order chi connectivity index (χ1) is 5.79. The van der Waals surface area contributed by atoms with Crippen molar-refractivity contribution in [3.05, 3.63) is 41.5 Å². The topological polar surface area (TPSA) is 0 Å². The van der Waals surface area contributed by atoms with Crippen molar-refractivity contribution in [2.24, 2.45) is 0 Å². The fourth-order valence-electron chi connectivity index (χ4n) is 1.63. The van der Waals surface area contributed by atoms with Crippen LogP contribution in [0.2, 0.25) is 0 Å². The first kappa shape index (κ1) is 17.5. The minimum absolute atomic E-state index is 0. The van der Waals surface area contributed by atoms with E-state index in [2.05, 4.69) is 44.2 Å². The third kappa shape index (κ3) is 3.88. The average Bonchev–Trinajstić information content (AvgIpc) is 2.43. The number of aryl methyl sites for hydroxylation is 2. The van der Waals surface area contributed by atoms with Gasteiger partial charge in [0.2, 0.25) is 0 Å². The molecule has 1 radical (unpaired) electrons. The minimum Gasteiger partial charge on any atom is -1.00 e. The van der Waals surface area contributed by atoms with Gasteiger partial charge in [-0.1, -0.05) is 19.4 Å².